The number of benzene rings is 9. The summed E-state index contributed by atoms with van der Waals surface area (Å²) in [6.45, 7) is 26.6. The van der Waals surface area contributed by atoms with Gasteiger partial charge in [0, 0.05) is 17.1 Å². The van der Waals surface area contributed by atoms with Gasteiger partial charge in [0.25, 0.3) is 0 Å². The van der Waals surface area contributed by atoms with Gasteiger partial charge < -0.3 is 4.90 Å². The van der Waals surface area contributed by atoms with E-state index in [2.05, 4.69) is 252 Å². The number of anilines is 3. The third kappa shape index (κ3) is 8.92. The first kappa shape index (κ1) is 45.0. The molecule has 0 saturated heterocycles. The molecule has 0 spiro atoms. The second-order valence-electron chi connectivity index (χ2n) is 19.4. The first-order valence-corrected chi connectivity index (χ1v) is 23.8. The molecule has 0 aliphatic heterocycles. The molecule has 0 aliphatic rings. The van der Waals surface area contributed by atoms with E-state index in [-0.39, 0.29) is 0 Å². The Bertz CT molecular complexity index is 2970. The van der Waals surface area contributed by atoms with Gasteiger partial charge in [-0.3, -0.25) is 0 Å². The third-order valence-corrected chi connectivity index (χ3v) is 14.0. The van der Waals surface area contributed by atoms with E-state index in [1.165, 1.54) is 134 Å². The van der Waals surface area contributed by atoms with E-state index >= 15 is 0 Å². The zero-order valence-corrected chi connectivity index (χ0v) is 41.5. The Morgan fingerprint density at radius 1 is 0.194 bits per heavy atom. The highest BCUT2D eigenvalue weighted by Gasteiger charge is 2.18. The second-order valence-corrected chi connectivity index (χ2v) is 19.4. The largest absolute Gasteiger partial charge is 0.311 e. The van der Waals surface area contributed by atoms with Crippen molar-refractivity contribution in [2.24, 2.45) is 0 Å². The van der Waals surface area contributed by atoms with Crippen LogP contribution in [-0.4, -0.2) is 0 Å². The molecule has 0 unspecified atom stereocenters. The SMILES string of the molecule is Cc1ccc(-c2cc(C)c(-c3ccc(N(c4ccc(-c5cc(C)c(-c6ccc(C)cc6C)cc5C)cc4)c4ccc(-c5cc(C)c(-c6ccc(C)cc6C)cc5C)cc4)cc3)cc2C)c(C)c1. The maximum Gasteiger partial charge on any atom is 0.0462 e. The van der Waals surface area contributed by atoms with Crippen LogP contribution in [0.4, 0.5) is 17.1 Å². The van der Waals surface area contributed by atoms with E-state index in [1.807, 2.05) is 0 Å². The van der Waals surface area contributed by atoms with Crippen LogP contribution < -0.4 is 4.90 Å². The lowest BCUT2D eigenvalue weighted by atomic mass is 9.89. The molecule has 0 aromatic heterocycles. The molecule has 0 radical (unpaired) electrons. The highest BCUT2D eigenvalue weighted by atomic mass is 15.1. The molecule has 0 fully saturated rings. The van der Waals surface area contributed by atoms with Crippen molar-refractivity contribution in [3.05, 3.63) is 231 Å². The molecule has 0 saturated carbocycles. The summed E-state index contributed by atoms with van der Waals surface area (Å²) in [5, 5.41) is 0. The van der Waals surface area contributed by atoms with E-state index in [4.69, 9.17) is 0 Å². The Balaban J connectivity index is 1.08. The molecule has 332 valence electrons. The molecule has 0 amide bonds. The van der Waals surface area contributed by atoms with Gasteiger partial charge in [-0.15, -0.1) is 0 Å². The highest BCUT2D eigenvalue weighted by molar-refractivity contribution is 5.85. The second kappa shape index (κ2) is 18.2. The van der Waals surface area contributed by atoms with Crippen LogP contribution in [0.15, 0.2) is 164 Å². The van der Waals surface area contributed by atoms with Gasteiger partial charge in [0.15, 0.2) is 0 Å². The molecule has 0 heterocycles. The predicted molar refractivity (Wildman–Crippen MR) is 291 cm³/mol. The van der Waals surface area contributed by atoms with Crippen LogP contribution in [0.5, 0.6) is 0 Å². The molecule has 9 aromatic carbocycles. The van der Waals surface area contributed by atoms with E-state index in [1.54, 1.807) is 0 Å². The fourth-order valence-electron chi connectivity index (χ4n) is 10.4. The van der Waals surface area contributed by atoms with Gasteiger partial charge >= 0.3 is 0 Å². The zero-order chi connectivity index (χ0) is 47.3. The topological polar surface area (TPSA) is 3.24 Å². The smallest absolute Gasteiger partial charge is 0.0462 e. The van der Waals surface area contributed by atoms with Crippen LogP contribution in [0.2, 0.25) is 0 Å². The minimum atomic E-state index is 1.11. The summed E-state index contributed by atoms with van der Waals surface area (Å²) >= 11 is 0. The van der Waals surface area contributed by atoms with Gasteiger partial charge in [0.05, 0.1) is 0 Å². The van der Waals surface area contributed by atoms with E-state index in [0.29, 0.717) is 0 Å². The molecule has 0 aliphatic carbocycles. The number of aryl methyl sites for hydroxylation is 12. The van der Waals surface area contributed by atoms with Gasteiger partial charge in [0.2, 0.25) is 0 Å². The van der Waals surface area contributed by atoms with E-state index < -0.39 is 0 Å². The van der Waals surface area contributed by atoms with Crippen molar-refractivity contribution in [2.75, 3.05) is 4.90 Å². The van der Waals surface area contributed by atoms with Crippen LogP contribution in [0.25, 0.3) is 66.8 Å². The molecular weight excluding hydrogens is 807 g/mol. The minimum absolute atomic E-state index is 1.11. The molecule has 9 rings (SSSR count). The molecule has 1 nitrogen and oxygen atoms in total. The molecule has 67 heavy (non-hydrogen) atoms. The molecule has 9 aromatic rings. The molecule has 0 N–H and O–H groups in total. The first-order chi connectivity index (χ1) is 32.1. The van der Waals surface area contributed by atoms with Crippen molar-refractivity contribution >= 4 is 17.1 Å². The van der Waals surface area contributed by atoms with Crippen molar-refractivity contribution in [2.45, 2.75) is 83.1 Å². The molecule has 0 atom stereocenters. The van der Waals surface area contributed by atoms with E-state index in [0.717, 1.165) is 17.1 Å². The lowest BCUT2D eigenvalue weighted by Gasteiger charge is -2.26. The fraction of sp³-hybridized carbons (Fsp3) is 0.182. The van der Waals surface area contributed by atoms with Gasteiger partial charge in [-0.1, -0.05) is 144 Å². The summed E-state index contributed by atoms with van der Waals surface area (Å²) in [5.41, 5.74) is 34.1. The highest BCUT2D eigenvalue weighted by Crippen LogP contribution is 2.41. The summed E-state index contributed by atoms with van der Waals surface area (Å²) in [5.74, 6) is 0. The molecule has 1 heteroatoms. The van der Waals surface area contributed by atoms with Crippen molar-refractivity contribution in [1.82, 2.24) is 0 Å². The van der Waals surface area contributed by atoms with Crippen LogP contribution in [0.3, 0.4) is 0 Å². The summed E-state index contributed by atoms with van der Waals surface area (Å²) in [4.78, 5) is 2.39. The van der Waals surface area contributed by atoms with Gasteiger partial charge in [-0.05, 0) is 236 Å². The Labute approximate surface area is 400 Å². The maximum atomic E-state index is 2.39. The Morgan fingerprint density at radius 2 is 0.403 bits per heavy atom. The summed E-state index contributed by atoms with van der Waals surface area (Å²) in [6, 6.07) is 61.9. The quantitative estimate of drug-likeness (QED) is 0.140. The Hall–Kier alpha value is -7.22. The lowest BCUT2D eigenvalue weighted by Crippen LogP contribution is -2.10. The van der Waals surface area contributed by atoms with Gasteiger partial charge in [-0.25, -0.2) is 0 Å². The van der Waals surface area contributed by atoms with Gasteiger partial charge in [0.1, 0.15) is 0 Å². The lowest BCUT2D eigenvalue weighted by molar-refractivity contribution is 1.28. The average Bonchev–Trinajstić information content (AvgIpc) is 3.30. The molecular formula is C66H63N. The van der Waals surface area contributed by atoms with Crippen LogP contribution in [0.1, 0.15) is 66.8 Å². The third-order valence-electron chi connectivity index (χ3n) is 14.0. The summed E-state index contributed by atoms with van der Waals surface area (Å²) in [7, 11) is 0. The van der Waals surface area contributed by atoms with Gasteiger partial charge in [-0.2, -0.15) is 0 Å². The van der Waals surface area contributed by atoms with Crippen molar-refractivity contribution in [3.63, 3.8) is 0 Å². The summed E-state index contributed by atoms with van der Waals surface area (Å²) < 4.78 is 0. The van der Waals surface area contributed by atoms with Crippen LogP contribution in [0, 0.1) is 83.1 Å². The predicted octanol–water partition coefficient (Wildman–Crippen LogP) is 18.9. The van der Waals surface area contributed by atoms with Crippen molar-refractivity contribution < 1.29 is 0 Å². The number of rotatable bonds is 9. The zero-order valence-electron chi connectivity index (χ0n) is 41.5. The normalized spacial score (nSPS) is 11.3. The van der Waals surface area contributed by atoms with Crippen LogP contribution >= 0.6 is 0 Å². The van der Waals surface area contributed by atoms with Crippen molar-refractivity contribution in [3.8, 4) is 66.8 Å². The maximum absolute atomic E-state index is 2.39. The fourth-order valence-corrected chi connectivity index (χ4v) is 10.4. The average molecular weight is 870 g/mol. The number of hydrogen-bond acceptors (Lipinski definition) is 1. The summed E-state index contributed by atoms with van der Waals surface area (Å²) in [6.07, 6.45) is 0. The Kier molecular flexibility index (Phi) is 12.2. The monoisotopic (exact) mass is 869 g/mol. The first-order valence-electron chi connectivity index (χ1n) is 23.8. The number of nitrogens with zero attached hydrogens (tertiary/aromatic N) is 1. The molecule has 0 bridgehead atoms. The van der Waals surface area contributed by atoms with E-state index in [9.17, 15) is 0 Å². The number of hydrogen-bond donors (Lipinski definition) is 0. The Morgan fingerprint density at radius 3 is 0.642 bits per heavy atom. The standard InChI is InChI=1S/C66H63N/c1-40-13-28-58(43(4)31-40)64-37-46(7)61(34-49(64)10)52-16-22-55(23-17-52)67(56-24-18-53(19-25-56)62-35-50(11)65(38-47(62)8)59-29-14-41(2)32-44(59)5)57-26-20-54(21-27-57)63-36-51(12)66(39-48(63)9)60-30-15-42(3)33-45(60)6/h13-39H,1-12H3. The minimum Gasteiger partial charge on any atom is -0.311 e. The van der Waals surface area contributed by atoms with Crippen molar-refractivity contribution in [1.29, 1.82) is 0 Å². The van der Waals surface area contributed by atoms with Crippen LogP contribution in [-0.2, 0) is 0 Å².